The molecule has 196 valence electrons. The van der Waals surface area contributed by atoms with Crippen molar-refractivity contribution in [2.45, 2.75) is 38.8 Å². The molecule has 0 atom stereocenters. The van der Waals surface area contributed by atoms with Crippen LogP contribution in [0.3, 0.4) is 0 Å². The van der Waals surface area contributed by atoms with Crippen LogP contribution in [0, 0.1) is 12.7 Å². The Hall–Kier alpha value is -3.59. The first kappa shape index (κ1) is 26.5. The highest BCUT2D eigenvalue weighted by molar-refractivity contribution is 7.11. The molecule has 1 aliphatic carbocycles. The highest BCUT2D eigenvalue weighted by atomic mass is 32.1. The third-order valence-electron chi connectivity index (χ3n) is 6.28. The number of benzene rings is 2. The van der Waals surface area contributed by atoms with Gasteiger partial charge in [0.25, 0.3) is 0 Å². The second-order valence-corrected chi connectivity index (χ2v) is 10.4. The molecule has 1 N–H and O–H groups in total. The number of anilines is 1. The molecule has 2 aromatic carbocycles. The zero-order valence-corrected chi connectivity index (χ0v) is 22.1. The molecule has 1 aromatic heterocycles. The third-order valence-corrected chi connectivity index (χ3v) is 7.27. The minimum Gasteiger partial charge on any atom is -0.493 e. The normalized spacial score (nSPS) is 12.6. The number of amides is 3. The van der Waals surface area contributed by atoms with E-state index < -0.39 is 11.8 Å². The number of para-hydroxylation sites is 1. The number of hydrogen-bond donors (Lipinski definition) is 1. The van der Waals surface area contributed by atoms with E-state index in [-0.39, 0.29) is 24.2 Å². The molecule has 0 radical (unpaired) electrons. The summed E-state index contributed by atoms with van der Waals surface area (Å²) in [7, 11) is 3.18. The zero-order chi connectivity index (χ0) is 26.4. The minimum atomic E-state index is -0.512. The number of urea groups is 1. The van der Waals surface area contributed by atoms with Crippen LogP contribution >= 0.6 is 11.3 Å². The fourth-order valence-electron chi connectivity index (χ4n) is 4.10. The molecule has 7 nitrogen and oxygen atoms in total. The van der Waals surface area contributed by atoms with Gasteiger partial charge in [-0.15, -0.1) is 11.3 Å². The second-order valence-electron chi connectivity index (χ2n) is 9.04. The number of nitrogens with zero attached hydrogens (tertiary/aromatic N) is 2. The lowest BCUT2D eigenvalue weighted by atomic mass is 10.1. The number of carbonyl (C=O) groups excluding carboxylic acids is 2. The lowest BCUT2D eigenvalue weighted by Crippen LogP contribution is -2.45. The maximum atomic E-state index is 14.1. The number of hydrogen-bond acceptors (Lipinski definition) is 5. The molecule has 0 spiro atoms. The van der Waals surface area contributed by atoms with Crippen molar-refractivity contribution in [1.29, 1.82) is 0 Å². The molecule has 0 saturated heterocycles. The van der Waals surface area contributed by atoms with Gasteiger partial charge in [-0.05, 0) is 68.1 Å². The average Bonchev–Trinajstić information content (AvgIpc) is 3.66. The summed E-state index contributed by atoms with van der Waals surface area (Å²) in [5.41, 5.74) is 1.11. The fraction of sp³-hybridized carbons (Fsp3) is 0.357. The van der Waals surface area contributed by atoms with Crippen LogP contribution < -0.4 is 14.8 Å². The Balaban J connectivity index is 1.48. The molecular weight excluding hydrogens is 493 g/mol. The van der Waals surface area contributed by atoms with Crippen LogP contribution in [0.2, 0.25) is 0 Å². The summed E-state index contributed by atoms with van der Waals surface area (Å²) in [5.74, 6) is 0.621. The van der Waals surface area contributed by atoms with Crippen molar-refractivity contribution in [1.82, 2.24) is 9.80 Å². The number of nitrogens with one attached hydrogen (secondary N) is 1. The molecular formula is C28H32FN3O4S. The first-order valence-corrected chi connectivity index (χ1v) is 13.1. The topological polar surface area (TPSA) is 71.1 Å². The van der Waals surface area contributed by atoms with Gasteiger partial charge in [0.05, 0.1) is 26.5 Å². The number of halogens is 1. The van der Waals surface area contributed by atoms with E-state index in [2.05, 4.69) is 5.32 Å². The maximum Gasteiger partial charge on any atom is 0.322 e. The van der Waals surface area contributed by atoms with Gasteiger partial charge in [0.15, 0.2) is 11.5 Å². The van der Waals surface area contributed by atoms with Gasteiger partial charge in [-0.25, -0.2) is 9.18 Å². The van der Waals surface area contributed by atoms with E-state index >= 15 is 0 Å². The predicted molar refractivity (Wildman–Crippen MR) is 143 cm³/mol. The van der Waals surface area contributed by atoms with Gasteiger partial charge >= 0.3 is 6.03 Å². The molecule has 3 aromatic rings. The third kappa shape index (κ3) is 7.01. The van der Waals surface area contributed by atoms with Crippen LogP contribution in [0.4, 0.5) is 14.9 Å². The zero-order valence-electron chi connectivity index (χ0n) is 21.3. The monoisotopic (exact) mass is 525 g/mol. The summed E-state index contributed by atoms with van der Waals surface area (Å²) in [6.07, 6.45) is 2.27. The van der Waals surface area contributed by atoms with Crippen molar-refractivity contribution < 1.29 is 23.5 Å². The maximum absolute atomic E-state index is 14.1. The van der Waals surface area contributed by atoms with Crippen molar-refractivity contribution >= 4 is 29.0 Å². The predicted octanol–water partition coefficient (Wildman–Crippen LogP) is 5.48. The summed E-state index contributed by atoms with van der Waals surface area (Å²) in [5, 5.41) is 2.63. The van der Waals surface area contributed by atoms with Crippen LogP contribution in [0.5, 0.6) is 11.5 Å². The Morgan fingerprint density at radius 3 is 2.46 bits per heavy atom. The van der Waals surface area contributed by atoms with Gasteiger partial charge in [0.1, 0.15) is 12.4 Å². The Morgan fingerprint density at radius 2 is 1.81 bits per heavy atom. The van der Waals surface area contributed by atoms with E-state index in [9.17, 15) is 14.0 Å². The number of aryl methyl sites for hydroxylation is 1. The molecule has 1 aliphatic rings. The Labute approximate surface area is 220 Å². The van der Waals surface area contributed by atoms with E-state index in [1.54, 1.807) is 42.6 Å². The van der Waals surface area contributed by atoms with E-state index in [4.69, 9.17) is 9.47 Å². The molecule has 4 rings (SSSR count). The lowest BCUT2D eigenvalue weighted by molar-refractivity contribution is -0.132. The SMILES string of the molecule is COc1ccc(CCN(Cc2ccc(C)s2)C(=O)CN(C(=O)Nc2ccccc2F)C2CC2)cc1OC. The molecule has 1 fully saturated rings. The summed E-state index contributed by atoms with van der Waals surface area (Å²) < 4.78 is 24.8. The first-order valence-electron chi connectivity index (χ1n) is 12.2. The standard InChI is InChI=1S/C28H32FN3O4S/c1-19-8-12-22(37-19)17-31(15-14-20-9-13-25(35-2)26(16-20)36-3)27(33)18-32(21-10-11-21)28(34)30-24-7-5-4-6-23(24)29/h4-9,12-13,16,21H,10-11,14-15,17-18H2,1-3H3,(H,30,34). The van der Waals surface area contributed by atoms with Gasteiger partial charge in [-0.2, -0.15) is 0 Å². The van der Waals surface area contributed by atoms with Gasteiger partial charge in [0.2, 0.25) is 5.91 Å². The van der Waals surface area contributed by atoms with E-state index in [1.165, 1.54) is 21.9 Å². The Morgan fingerprint density at radius 1 is 1.05 bits per heavy atom. The van der Waals surface area contributed by atoms with E-state index in [0.717, 1.165) is 23.3 Å². The Kier molecular flexibility index (Phi) is 8.66. The lowest BCUT2D eigenvalue weighted by Gasteiger charge is -2.28. The summed E-state index contributed by atoms with van der Waals surface area (Å²) in [6, 6.07) is 15.3. The van der Waals surface area contributed by atoms with Crippen LogP contribution in [0.1, 0.15) is 28.2 Å². The first-order chi connectivity index (χ1) is 17.9. The fourth-order valence-corrected chi connectivity index (χ4v) is 5.00. The van der Waals surface area contributed by atoms with Crippen molar-refractivity contribution in [3.63, 3.8) is 0 Å². The molecule has 1 saturated carbocycles. The molecule has 0 unspecified atom stereocenters. The molecule has 37 heavy (non-hydrogen) atoms. The van der Waals surface area contributed by atoms with Crippen molar-refractivity contribution in [2.24, 2.45) is 0 Å². The summed E-state index contributed by atoms with van der Waals surface area (Å²) in [6.45, 7) is 2.89. The minimum absolute atomic E-state index is 0.0209. The van der Waals surface area contributed by atoms with Gasteiger partial charge < -0.3 is 24.6 Å². The highest BCUT2D eigenvalue weighted by Crippen LogP contribution is 2.29. The largest absolute Gasteiger partial charge is 0.493 e. The van der Waals surface area contributed by atoms with Crippen LogP contribution in [-0.4, -0.2) is 55.1 Å². The van der Waals surface area contributed by atoms with Crippen LogP contribution in [0.25, 0.3) is 0 Å². The molecule has 1 heterocycles. The van der Waals surface area contributed by atoms with Gasteiger partial charge in [-0.1, -0.05) is 18.2 Å². The molecule has 9 heteroatoms. The van der Waals surface area contributed by atoms with Crippen LogP contribution in [-0.2, 0) is 17.8 Å². The van der Waals surface area contributed by atoms with Crippen molar-refractivity contribution in [3.05, 3.63) is 75.7 Å². The van der Waals surface area contributed by atoms with Crippen molar-refractivity contribution in [3.8, 4) is 11.5 Å². The number of methoxy groups -OCH3 is 2. The van der Waals surface area contributed by atoms with E-state index in [1.807, 2.05) is 37.3 Å². The number of ether oxygens (including phenoxy) is 2. The Bertz CT molecular complexity index is 1240. The summed E-state index contributed by atoms with van der Waals surface area (Å²) in [4.78, 5) is 32.1. The highest BCUT2D eigenvalue weighted by Gasteiger charge is 2.35. The smallest absolute Gasteiger partial charge is 0.322 e. The molecule has 3 amide bonds. The number of rotatable bonds is 11. The van der Waals surface area contributed by atoms with Gasteiger partial charge in [-0.3, -0.25) is 4.79 Å². The van der Waals surface area contributed by atoms with Crippen LogP contribution in [0.15, 0.2) is 54.6 Å². The second kappa shape index (κ2) is 12.1. The number of thiophene rings is 1. The summed E-state index contributed by atoms with van der Waals surface area (Å²) >= 11 is 1.65. The molecule has 0 aliphatic heterocycles. The quantitative estimate of drug-likeness (QED) is 0.360. The van der Waals surface area contributed by atoms with Gasteiger partial charge in [0, 0.05) is 22.3 Å². The average molecular weight is 526 g/mol. The van der Waals surface area contributed by atoms with Crippen molar-refractivity contribution in [2.75, 3.05) is 32.6 Å². The number of carbonyl (C=O) groups is 2. The van der Waals surface area contributed by atoms with E-state index in [0.29, 0.717) is 31.0 Å². The molecule has 0 bridgehead atoms.